The maximum Gasteiger partial charge on any atom is 0.333 e. The lowest BCUT2D eigenvalue weighted by Crippen LogP contribution is -2.36. The van der Waals surface area contributed by atoms with Crippen LogP contribution in [-0.2, 0) is 19.1 Å². The van der Waals surface area contributed by atoms with Crippen molar-refractivity contribution in [2.45, 2.75) is 33.3 Å². The number of rotatable bonds is 7. The Morgan fingerprint density at radius 2 is 1.59 bits per heavy atom. The molecule has 0 aromatic heterocycles. The number of carbonyl (C=O) groups is 2. The summed E-state index contributed by atoms with van der Waals surface area (Å²) in [5, 5.41) is 0. The molecule has 0 aromatic rings. The van der Waals surface area contributed by atoms with E-state index in [0.717, 1.165) is 0 Å². The highest BCUT2D eigenvalue weighted by Crippen LogP contribution is 2.14. The Morgan fingerprint density at radius 1 is 1.06 bits per heavy atom. The minimum absolute atomic E-state index is 0.0958. The Labute approximate surface area is 102 Å². The van der Waals surface area contributed by atoms with Crippen LogP contribution in [0.1, 0.15) is 27.7 Å². The van der Waals surface area contributed by atoms with E-state index in [1.807, 2.05) is 0 Å². The molecule has 0 spiro atoms. The molecule has 0 aromatic carbocycles. The first-order chi connectivity index (χ1) is 7.68. The van der Waals surface area contributed by atoms with Gasteiger partial charge in [-0.1, -0.05) is 13.2 Å². The fraction of sp³-hybridized carbons (Fsp3) is 0.538. The number of ether oxygens (including phenoxy) is 2. The Kier molecular flexibility index (Phi) is 5.82. The molecule has 96 valence electrons. The van der Waals surface area contributed by atoms with Crippen molar-refractivity contribution < 1.29 is 19.1 Å². The van der Waals surface area contributed by atoms with Gasteiger partial charge in [0.2, 0.25) is 0 Å². The molecule has 0 amide bonds. The molecule has 0 saturated carbocycles. The van der Waals surface area contributed by atoms with E-state index in [2.05, 4.69) is 13.2 Å². The summed E-state index contributed by atoms with van der Waals surface area (Å²) in [5.41, 5.74) is -0.169. The molecular weight excluding hydrogens is 220 g/mol. The number of hydrogen-bond acceptors (Lipinski definition) is 4. The topological polar surface area (TPSA) is 52.6 Å². The van der Waals surface area contributed by atoms with E-state index >= 15 is 0 Å². The Hall–Kier alpha value is -1.42. The molecule has 0 bridgehead atoms. The summed E-state index contributed by atoms with van der Waals surface area (Å²) in [6.45, 7) is 13.8. The van der Waals surface area contributed by atoms with Gasteiger partial charge in [0, 0.05) is 5.57 Å². The predicted molar refractivity (Wildman–Crippen MR) is 65.6 cm³/mol. The van der Waals surface area contributed by atoms with E-state index in [4.69, 9.17) is 9.47 Å². The molecule has 4 heteroatoms. The van der Waals surface area contributed by atoms with Crippen molar-refractivity contribution in [3.05, 3.63) is 24.3 Å². The molecule has 0 radical (unpaired) electrons. The van der Waals surface area contributed by atoms with Crippen LogP contribution >= 0.6 is 0 Å². The van der Waals surface area contributed by atoms with E-state index in [9.17, 15) is 9.59 Å². The van der Waals surface area contributed by atoms with Crippen LogP contribution < -0.4 is 0 Å². The van der Waals surface area contributed by atoms with Crippen molar-refractivity contribution in [3.63, 3.8) is 0 Å². The molecule has 0 rings (SSSR count). The van der Waals surface area contributed by atoms with Gasteiger partial charge in [0.05, 0.1) is 6.61 Å². The van der Waals surface area contributed by atoms with Crippen LogP contribution in [0.25, 0.3) is 0 Å². The smallest absolute Gasteiger partial charge is 0.333 e. The molecule has 0 N–H and O–H groups in total. The molecule has 0 saturated heterocycles. The van der Waals surface area contributed by atoms with Crippen molar-refractivity contribution in [2.75, 3.05) is 13.2 Å². The molecule has 0 unspecified atom stereocenters. The fourth-order valence-electron chi connectivity index (χ4n) is 1.13. The lowest BCUT2D eigenvalue weighted by molar-refractivity contribution is -0.146. The first-order valence-corrected chi connectivity index (χ1v) is 5.35. The zero-order valence-corrected chi connectivity index (χ0v) is 11.0. The van der Waals surface area contributed by atoms with Crippen LogP contribution in [0.15, 0.2) is 24.3 Å². The number of esters is 1. The molecule has 17 heavy (non-hydrogen) atoms. The van der Waals surface area contributed by atoms with E-state index in [1.54, 1.807) is 27.7 Å². The first-order valence-electron chi connectivity index (χ1n) is 5.35. The van der Waals surface area contributed by atoms with Crippen molar-refractivity contribution in [1.82, 2.24) is 0 Å². The van der Waals surface area contributed by atoms with Gasteiger partial charge in [-0.25, -0.2) is 4.79 Å². The van der Waals surface area contributed by atoms with E-state index in [0.29, 0.717) is 11.1 Å². The molecule has 0 atom stereocenters. The van der Waals surface area contributed by atoms with Crippen molar-refractivity contribution in [1.29, 1.82) is 0 Å². The SMILES string of the molecule is C=C(C)C(=O)OCCOC(C)(C)C(=O)C(=C)C. The average Bonchev–Trinajstić information content (AvgIpc) is 2.22. The summed E-state index contributed by atoms with van der Waals surface area (Å²) in [7, 11) is 0. The third kappa shape index (κ3) is 5.45. The van der Waals surface area contributed by atoms with Gasteiger partial charge in [-0.15, -0.1) is 0 Å². The number of hydrogen-bond donors (Lipinski definition) is 0. The monoisotopic (exact) mass is 240 g/mol. The van der Waals surface area contributed by atoms with Crippen LogP contribution in [0.5, 0.6) is 0 Å². The maximum atomic E-state index is 11.7. The second-order valence-corrected chi connectivity index (χ2v) is 4.38. The van der Waals surface area contributed by atoms with E-state index in [-0.39, 0.29) is 19.0 Å². The molecule has 0 aliphatic rings. The van der Waals surface area contributed by atoms with Crippen LogP contribution in [0.3, 0.4) is 0 Å². The highest BCUT2D eigenvalue weighted by Gasteiger charge is 2.28. The lowest BCUT2D eigenvalue weighted by atomic mass is 9.98. The standard InChI is InChI=1S/C13H20O4/c1-9(2)11(14)13(5,6)17-8-7-16-12(15)10(3)4/h1,3,7-8H2,2,4-6H3. The minimum Gasteiger partial charge on any atom is -0.460 e. The van der Waals surface area contributed by atoms with Crippen LogP contribution in [0.4, 0.5) is 0 Å². The van der Waals surface area contributed by atoms with Gasteiger partial charge in [-0.05, 0) is 33.3 Å². The zero-order valence-electron chi connectivity index (χ0n) is 11.0. The molecule has 0 heterocycles. The van der Waals surface area contributed by atoms with Gasteiger partial charge in [0.25, 0.3) is 0 Å². The largest absolute Gasteiger partial charge is 0.460 e. The van der Waals surface area contributed by atoms with Crippen molar-refractivity contribution in [3.8, 4) is 0 Å². The lowest BCUT2D eigenvalue weighted by Gasteiger charge is -2.23. The maximum absolute atomic E-state index is 11.7. The van der Waals surface area contributed by atoms with Crippen LogP contribution in [-0.4, -0.2) is 30.6 Å². The minimum atomic E-state index is -0.943. The number of Topliss-reactive ketones (excluding diaryl/α,β-unsaturated/α-hetero) is 1. The third-order valence-corrected chi connectivity index (χ3v) is 2.06. The Morgan fingerprint density at radius 3 is 2.00 bits per heavy atom. The summed E-state index contributed by atoms with van der Waals surface area (Å²) in [6.07, 6.45) is 0. The molecule has 4 nitrogen and oxygen atoms in total. The third-order valence-electron chi connectivity index (χ3n) is 2.06. The summed E-state index contributed by atoms with van der Waals surface area (Å²) in [6, 6.07) is 0. The highest BCUT2D eigenvalue weighted by atomic mass is 16.6. The van der Waals surface area contributed by atoms with Gasteiger partial charge < -0.3 is 9.47 Å². The van der Waals surface area contributed by atoms with Gasteiger partial charge >= 0.3 is 5.97 Å². The van der Waals surface area contributed by atoms with Gasteiger partial charge in [-0.3, -0.25) is 4.79 Å². The van der Waals surface area contributed by atoms with Crippen LogP contribution in [0, 0.1) is 0 Å². The zero-order chi connectivity index (χ0) is 13.6. The van der Waals surface area contributed by atoms with Crippen molar-refractivity contribution in [2.24, 2.45) is 0 Å². The molecule has 0 fully saturated rings. The van der Waals surface area contributed by atoms with Crippen molar-refractivity contribution >= 4 is 11.8 Å². The number of ketones is 1. The normalized spacial score (nSPS) is 10.8. The van der Waals surface area contributed by atoms with Crippen LogP contribution in [0.2, 0.25) is 0 Å². The summed E-state index contributed by atoms with van der Waals surface area (Å²) in [5.74, 6) is -0.624. The second-order valence-electron chi connectivity index (χ2n) is 4.38. The molecular formula is C13H20O4. The summed E-state index contributed by atoms with van der Waals surface area (Å²) in [4.78, 5) is 22.7. The quantitative estimate of drug-likeness (QED) is 0.388. The highest BCUT2D eigenvalue weighted by molar-refractivity contribution is 6.00. The Balaban J connectivity index is 4.04. The van der Waals surface area contributed by atoms with Gasteiger partial charge in [0.1, 0.15) is 12.2 Å². The Bertz CT molecular complexity index is 339. The van der Waals surface area contributed by atoms with E-state index in [1.165, 1.54) is 0 Å². The summed E-state index contributed by atoms with van der Waals surface area (Å²) < 4.78 is 10.2. The molecule has 0 aliphatic carbocycles. The second kappa shape index (κ2) is 6.35. The van der Waals surface area contributed by atoms with E-state index < -0.39 is 11.6 Å². The summed E-state index contributed by atoms with van der Waals surface area (Å²) >= 11 is 0. The average molecular weight is 240 g/mol. The first kappa shape index (κ1) is 15.6. The van der Waals surface area contributed by atoms with Gasteiger partial charge in [0.15, 0.2) is 5.78 Å². The fourth-order valence-corrected chi connectivity index (χ4v) is 1.13. The molecule has 0 aliphatic heterocycles. The van der Waals surface area contributed by atoms with Gasteiger partial charge in [-0.2, -0.15) is 0 Å². The predicted octanol–water partition coefficient (Wildman–Crippen LogP) is 2.05. The number of carbonyl (C=O) groups excluding carboxylic acids is 2.